The summed E-state index contributed by atoms with van der Waals surface area (Å²) in [6.45, 7) is 0. The first-order valence-electron chi connectivity index (χ1n) is 18.7. The highest BCUT2D eigenvalue weighted by Gasteiger charge is 2.22. The molecule has 6 nitrogen and oxygen atoms in total. The van der Waals surface area contributed by atoms with Crippen molar-refractivity contribution in [3.63, 3.8) is 0 Å². The summed E-state index contributed by atoms with van der Waals surface area (Å²) in [6.07, 6.45) is 0. The van der Waals surface area contributed by atoms with Crippen LogP contribution in [0.1, 0.15) is 0 Å². The van der Waals surface area contributed by atoms with Crippen LogP contribution in [0.25, 0.3) is 101 Å². The molecule has 0 aliphatic heterocycles. The lowest BCUT2D eigenvalue weighted by Gasteiger charge is -2.11. The van der Waals surface area contributed by atoms with E-state index in [4.69, 9.17) is 19.9 Å². The van der Waals surface area contributed by atoms with Crippen molar-refractivity contribution in [1.82, 2.24) is 29.1 Å². The molecule has 11 aromatic rings. The summed E-state index contributed by atoms with van der Waals surface area (Å²) in [5, 5.41) is 4.71. The van der Waals surface area contributed by atoms with Crippen LogP contribution in [-0.2, 0) is 0 Å². The number of hydrogen-bond donors (Lipinski definition) is 0. The Morgan fingerprint density at radius 1 is 0.286 bits per heavy atom. The average Bonchev–Trinajstić information content (AvgIpc) is 3.80. The minimum Gasteiger partial charge on any atom is -0.309 e. The van der Waals surface area contributed by atoms with Gasteiger partial charge in [-0.2, -0.15) is 9.97 Å². The summed E-state index contributed by atoms with van der Waals surface area (Å²) < 4.78 is 4.56. The SMILES string of the molecule is c1ccc(-c2cccc(-c3ccc(-c4nc(-c5ccccc5)nc(-n5c6ccccc6c6c7c8ccccc8n(-c8ccccc8)c7ccc65)n4)cc3)n2)cc1. The lowest BCUT2D eigenvalue weighted by molar-refractivity contribution is 0.953. The molecule has 0 bridgehead atoms. The number of aromatic nitrogens is 6. The number of hydrogen-bond acceptors (Lipinski definition) is 4. The van der Waals surface area contributed by atoms with E-state index in [9.17, 15) is 0 Å². The van der Waals surface area contributed by atoms with E-state index in [-0.39, 0.29) is 0 Å². The zero-order chi connectivity index (χ0) is 37.0. The van der Waals surface area contributed by atoms with Gasteiger partial charge in [-0.1, -0.05) is 146 Å². The molecule has 0 saturated heterocycles. The van der Waals surface area contributed by atoms with Crippen LogP contribution in [0.3, 0.4) is 0 Å². The van der Waals surface area contributed by atoms with Gasteiger partial charge in [-0.15, -0.1) is 0 Å². The van der Waals surface area contributed by atoms with Gasteiger partial charge in [0.1, 0.15) is 0 Å². The molecule has 6 heteroatoms. The Balaban J connectivity index is 1.11. The first kappa shape index (κ1) is 31.8. The van der Waals surface area contributed by atoms with Crippen LogP contribution in [0.5, 0.6) is 0 Å². The Labute approximate surface area is 322 Å². The van der Waals surface area contributed by atoms with Gasteiger partial charge in [0.15, 0.2) is 11.6 Å². The molecule has 4 aromatic heterocycles. The Kier molecular flexibility index (Phi) is 7.38. The molecule has 0 aliphatic carbocycles. The maximum atomic E-state index is 5.24. The van der Waals surface area contributed by atoms with Gasteiger partial charge in [0, 0.05) is 49.5 Å². The Bertz CT molecular complexity index is 3220. The Hall–Kier alpha value is -7.70. The first-order valence-corrected chi connectivity index (χ1v) is 18.7. The van der Waals surface area contributed by atoms with Crippen LogP contribution >= 0.6 is 0 Å². The zero-order valence-electron chi connectivity index (χ0n) is 30.2. The fraction of sp³-hybridized carbons (Fsp3) is 0. The summed E-state index contributed by atoms with van der Waals surface area (Å²) in [4.78, 5) is 20.5. The normalized spacial score (nSPS) is 11.6. The molecule has 0 saturated carbocycles. The van der Waals surface area contributed by atoms with Crippen molar-refractivity contribution in [1.29, 1.82) is 0 Å². The quantitative estimate of drug-likeness (QED) is 0.172. The number of nitrogens with zero attached hydrogens (tertiary/aromatic N) is 6. The third kappa shape index (κ3) is 5.19. The number of fused-ring (bicyclic) bond motifs is 7. The van der Waals surface area contributed by atoms with Crippen molar-refractivity contribution in [3.8, 4) is 56.9 Å². The molecule has 0 aliphatic rings. The minimum atomic E-state index is 0.563. The lowest BCUT2D eigenvalue weighted by atomic mass is 10.1. The first-order chi connectivity index (χ1) is 27.8. The molecule has 56 heavy (non-hydrogen) atoms. The van der Waals surface area contributed by atoms with Gasteiger partial charge in [-0.05, 0) is 48.5 Å². The van der Waals surface area contributed by atoms with Crippen molar-refractivity contribution in [2.24, 2.45) is 0 Å². The second kappa shape index (κ2) is 13.0. The Morgan fingerprint density at radius 3 is 1.34 bits per heavy atom. The molecule has 0 N–H and O–H groups in total. The summed E-state index contributed by atoms with van der Waals surface area (Å²) >= 11 is 0. The molecule has 7 aromatic carbocycles. The van der Waals surface area contributed by atoms with Crippen LogP contribution < -0.4 is 0 Å². The van der Waals surface area contributed by atoms with Gasteiger partial charge in [-0.3, -0.25) is 4.57 Å². The van der Waals surface area contributed by atoms with E-state index in [1.165, 1.54) is 16.2 Å². The van der Waals surface area contributed by atoms with Crippen molar-refractivity contribution in [3.05, 3.63) is 194 Å². The number of rotatable bonds is 6. The van der Waals surface area contributed by atoms with Gasteiger partial charge in [-0.25, -0.2) is 9.97 Å². The largest absolute Gasteiger partial charge is 0.309 e. The van der Waals surface area contributed by atoms with Crippen LogP contribution in [-0.4, -0.2) is 29.1 Å². The van der Waals surface area contributed by atoms with E-state index in [0.29, 0.717) is 17.6 Å². The van der Waals surface area contributed by atoms with Gasteiger partial charge in [0.2, 0.25) is 5.95 Å². The van der Waals surface area contributed by atoms with Crippen LogP contribution in [0, 0.1) is 0 Å². The third-order valence-corrected chi connectivity index (χ3v) is 10.6. The van der Waals surface area contributed by atoms with Crippen molar-refractivity contribution >= 4 is 43.6 Å². The standard InChI is InChI=1S/C50H32N6/c1-4-15-33(16-5-1)40-23-14-24-41(51-40)34-27-29-36(30-28-34)49-52-48(35-17-6-2-7-18-35)53-50(54-49)56-43-26-13-11-22-39(43)47-45(56)32-31-44-46(47)38-21-10-12-25-42(38)55(44)37-19-8-3-9-20-37/h1-32H. The third-order valence-electron chi connectivity index (χ3n) is 10.6. The smallest absolute Gasteiger partial charge is 0.238 e. The van der Waals surface area contributed by atoms with Gasteiger partial charge < -0.3 is 4.57 Å². The van der Waals surface area contributed by atoms with Crippen molar-refractivity contribution < 1.29 is 0 Å². The maximum Gasteiger partial charge on any atom is 0.238 e. The van der Waals surface area contributed by atoms with E-state index in [2.05, 4.69) is 143 Å². The molecule has 0 amide bonds. The molecule has 0 spiro atoms. The molecule has 4 heterocycles. The zero-order valence-corrected chi connectivity index (χ0v) is 30.2. The molecule has 262 valence electrons. The highest BCUT2D eigenvalue weighted by atomic mass is 15.2. The van der Waals surface area contributed by atoms with E-state index in [0.717, 1.165) is 66.8 Å². The molecular formula is C50H32N6. The van der Waals surface area contributed by atoms with E-state index < -0.39 is 0 Å². The summed E-state index contributed by atoms with van der Waals surface area (Å²) in [6, 6.07) is 67.2. The maximum absolute atomic E-state index is 5.24. The molecule has 0 unspecified atom stereocenters. The lowest BCUT2D eigenvalue weighted by Crippen LogP contribution is -2.06. The molecule has 0 radical (unpaired) electrons. The fourth-order valence-electron chi connectivity index (χ4n) is 8.05. The highest BCUT2D eigenvalue weighted by molar-refractivity contribution is 6.28. The molecule has 0 atom stereocenters. The van der Waals surface area contributed by atoms with Crippen LogP contribution in [0.2, 0.25) is 0 Å². The summed E-state index contributed by atoms with van der Waals surface area (Å²) in [5.41, 5.74) is 11.3. The minimum absolute atomic E-state index is 0.563. The monoisotopic (exact) mass is 716 g/mol. The van der Waals surface area contributed by atoms with E-state index in [1.807, 2.05) is 60.7 Å². The number of benzene rings is 7. The predicted octanol–water partition coefficient (Wildman–Crippen LogP) is 12.1. The Morgan fingerprint density at radius 2 is 0.732 bits per heavy atom. The molecule has 0 fully saturated rings. The van der Waals surface area contributed by atoms with E-state index >= 15 is 0 Å². The number of para-hydroxylation sites is 3. The second-order valence-electron chi connectivity index (χ2n) is 13.9. The summed E-state index contributed by atoms with van der Waals surface area (Å²) in [5.74, 6) is 1.77. The van der Waals surface area contributed by atoms with Crippen LogP contribution in [0.4, 0.5) is 0 Å². The van der Waals surface area contributed by atoms with Crippen LogP contribution in [0.15, 0.2) is 194 Å². The fourth-order valence-corrected chi connectivity index (χ4v) is 8.05. The number of pyridine rings is 1. The van der Waals surface area contributed by atoms with Gasteiger partial charge in [0.05, 0.1) is 33.5 Å². The second-order valence-corrected chi connectivity index (χ2v) is 13.9. The average molecular weight is 717 g/mol. The summed E-state index contributed by atoms with van der Waals surface area (Å²) in [7, 11) is 0. The molecular weight excluding hydrogens is 685 g/mol. The van der Waals surface area contributed by atoms with E-state index in [1.54, 1.807) is 0 Å². The van der Waals surface area contributed by atoms with Gasteiger partial charge >= 0.3 is 0 Å². The highest BCUT2D eigenvalue weighted by Crippen LogP contribution is 2.42. The van der Waals surface area contributed by atoms with Crippen molar-refractivity contribution in [2.45, 2.75) is 0 Å². The topological polar surface area (TPSA) is 61.4 Å². The predicted molar refractivity (Wildman–Crippen MR) is 228 cm³/mol. The van der Waals surface area contributed by atoms with Gasteiger partial charge in [0.25, 0.3) is 0 Å². The van der Waals surface area contributed by atoms with Crippen molar-refractivity contribution in [2.75, 3.05) is 0 Å². The molecule has 11 rings (SSSR count).